The van der Waals surface area contributed by atoms with Crippen molar-refractivity contribution in [3.05, 3.63) is 111 Å². The Labute approximate surface area is 196 Å². The van der Waals surface area contributed by atoms with E-state index < -0.39 is 0 Å². The molecule has 5 heteroatoms. The second kappa shape index (κ2) is 7.54. The van der Waals surface area contributed by atoms with Gasteiger partial charge in [-0.2, -0.15) is 5.10 Å². The van der Waals surface area contributed by atoms with Crippen LogP contribution < -0.4 is 4.74 Å². The fourth-order valence-electron chi connectivity index (χ4n) is 4.61. The second-order valence-electron chi connectivity index (χ2n) is 8.40. The molecule has 2 aliphatic heterocycles. The summed E-state index contributed by atoms with van der Waals surface area (Å²) in [6.07, 6.45) is 0.401. The molecule has 4 aromatic carbocycles. The van der Waals surface area contributed by atoms with E-state index >= 15 is 0 Å². The molecule has 0 aliphatic carbocycles. The topological polar surface area (TPSA) is 24.8 Å². The molecule has 0 fully saturated rings. The van der Waals surface area contributed by atoms with Crippen LogP contribution in [0.2, 0.25) is 10.0 Å². The van der Waals surface area contributed by atoms with Crippen molar-refractivity contribution in [1.82, 2.24) is 5.01 Å². The predicted molar refractivity (Wildman–Crippen MR) is 131 cm³/mol. The normalized spacial score (nSPS) is 19.3. The monoisotopic (exact) mass is 458 g/mol. The first-order valence-electron chi connectivity index (χ1n) is 10.6. The molecule has 0 saturated heterocycles. The fraction of sp³-hybridized carbons (Fsp3) is 0.148. The van der Waals surface area contributed by atoms with Crippen molar-refractivity contribution >= 4 is 39.7 Å². The molecule has 3 nitrogen and oxygen atoms in total. The van der Waals surface area contributed by atoms with Gasteiger partial charge in [-0.1, -0.05) is 89.4 Å². The van der Waals surface area contributed by atoms with Crippen molar-refractivity contribution in [2.75, 3.05) is 0 Å². The third kappa shape index (κ3) is 3.24. The van der Waals surface area contributed by atoms with Gasteiger partial charge in [0.05, 0.1) is 16.8 Å². The van der Waals surface area contributed by atoms with Crippen LogP contribution in [0.3, 0.4) is 0 Å². The Hall–Kier alpha value is -3.01. The third-order valence-electron chi connectivity index (χ3n) is 6.25. The average molecular weight is 459 g/mol. The maximum absolute atomic E-state index is 6.57. The minimum atomic E-state index is -0.357. The molecule has 0 spiro atoms. The lowest BCUT2D eigenvalue weighted by atomic mass is 9.95. The van der Waals surface area contributed by atoms with Crippen molar-refractivity contribution in [1.29, 1.82) is 0 Å². The fourth-order valence-corrected chi connectivity index (χ4v) is 5.16. The second-order valence-corrected chi connectivity index (χ2v) is 9.24. The summed E-state index contributed by atoms with van der Waals surface area (Å²) in [5.74, 6) is 0.692. The quantitative estimate of drug-likeness (QED) is 0.307. The zero-order valence-electron chi connectivity index (χ0n) is 17.4. The summed E-state index contributed by atoms with van der Waals surface area (Å²) in [5, 5.41) is 10.7. The number of hydrogen-bond acceptors (Lipinski definition) is 3. The Morgan fingerprint density at radius 1 is 0.906 bits per heavy atom. The maximum Gasteiger partial charge on any atom is 0.213 e. The molecule has 2 atom stereocenters. The number of hydrazone groups is 1. The zero-order chi connectivity index (χ0) is 21.8. The first-order chi connectivity index (χ1) is 15.6. The van der Waals surface area contributed by atoms with E-state index in [0.29, 0.717) is 15.8 Å². The summed E-state index contributed by atoms with van der Waals surface area (Å²) in [4.78, 5) is 0. The van der Waals surface area contributed by atoms with Crippen molar-refractivity contribution in [3.63, 3.8) is 0 Å². The van der Waals surface area contributed by atoms with Gasteiger partial charge in [-0.05, 0) is 41.5 Å². The standard InChI is InChI=1S/C27H20Cl2N2O/c1-16-6-8-18(9-7-16)27-31-25(22-13-21(28)14-23(29)26(22)32-27)15-24(30-31)20-11-10-17-4-2-3-5-19(17)12-20/h2-14,25,27H,15H2,1H3/t25-,27+/m0/s1. The molecule has 0 unspecified atom stereocenters. The average Bonchev–Trinajstić information content (AvgIpc) is 3.25. The predicted octanol–water partition coefficient (Wildman–Crippen LogP) is 7.70. The van der Waals surface area contributed by atoms with E-state index in [1.807, 2.05) is 6.07 Å². The lowest BCUT2D eigenvalue weighted by molar-refractivity contribution is -0.0189. The van der Waals surface area contributed by atoms with E-state index in [0.717, 1.165) is 28.8 Å². The van der Waals surface area contributed by atoms with Gasteiger partial charge in [0.2, 0.25) is 6.23 Å². The number of fused-ring (bicyclic) bond motifs is 4. The Kier molecular flexibility index (Phi) is 4.63. The summed E-state index contributed by atoms with van der Waals surface area (Å²) in [6, 6.07) is 27.0. The third-order valence-corrected chi connectivity index (χ3v) is 6.75. The number of ether oxygens (including phenoxy) is 1. The van der Waals surface area contributed by atoms with Crippen LogP contribution in [0.5, 0.6) is 5.75 Å². The molecule has 32 heavy (non-hydrogen) atoms. The molecule has 6 rings (SSSR count). The number of halogens is 2. The molecular formula is C27H20Cl2N2O. The van der Waals surface area contributed by atoms with E-state index in [-0.39, 0.29) is 12.3 Å². The Morgan fingerprint density at radius 3 is 2.50 bits per heavy atom. The largest absolute Gasteiger partial charge is 0.463 e. The highest BCUT2D eigenvalue weighted by molar-refractivity contribution is 6.35. The van der Waals surface area contributed by atoms with Gasteiger partial charge in [0, 0.05) is 22.6 Å². The minimum absolute atomic E-state index is 0.00252. The summed E-state index contributed by atoms with van der Waals surface area (Å²) < 4.78 is 6.44. The maximum atomic E-state index is 6.57. The number of benzene rings is 4. The minimum Gasteiger partial charge on any atom is -0.463 e. The van der Waals surface area contributed by atoms with Crippen molar-refractivity contribution in [2.45, 2.75) is 25.6 Å². The van der Waals surface area contributed by atoms with Crippen LogP contribution in [0.25, 0.3) is 10.8 Å². The zero-order valence-corrected chi connectivity index (χ0v) is 18.9. The Bertz CT molecular complexity index is 1380. The van der Waals surface area contributed by atoms with Crippen LogP contribution in [-0.4, -0.2) is 10.7 Å². The van der Waals surface area contributed by atoms with Gasteiger partial charge in [-0.3, -0.25) is 0 Å². The molecule has 0 saturated carbocycles. The van der Waals surface area contributed by atoms with Crippen LogP contribution >= 0.6 is 23.2 Å². The van der Waals surface area contributed by atoms with E-state index in [4.69, 9.17) is 33.0 Å². The highest BCUT2D eigenvalue weighted by atomic mass is 35.5. The molecule has 0 aromatic heterocycles. The van der Waals surface area contributed by atoms with Crippen molar-refractivity contribution in [2.24, 2.45) is 5.10 Å². The molecule has 2 heterocycles. The van der Waals surface area contributed by atoms with Gasteiger partial charge in [0.1, 0.15) is 5.75 Å². The van der Waals surface area contributed by atoms with Gasteiger partial charge in [-0.15, -0.1) is 0 Å². The molecule has 4 aromatic rings. The van der Waals surface area contributed by atoms with Gasteiger partial charge in [0.15, 0.2) is 0 Å². The number of rotatable bonds is 2. The lowest BCUT2D eigenvalue weighted by Gasteiger charge is -2.38. The first-order valence-corrected chi connectivity index (χ1v) is 11.4. The molecule has 0 amide bonds. The van der Waals surface area contributed by atoms with Crippen LogP contribution in [-0.2, 0) is 0 Å². The first kappa shape index (κ1) is 19.7. The number of aryl methyl sites for hydroxylation is 1. The van der Waals surface area contributed by atoms with Crippen LogP contribution in [0, 0.1) is 6.92 Å². The number of hydrogen-bond donors (Lipinski definition) is 0. The highest BCUT2D eigenvalue weighted by Crippen LogP contribution is 2.50. The van der Waals surface area contributed by atoms with E-state index in [2.05, 4.69) is 78.7 Å². The molecule has 0 N–H and O–H groups in total. The van der Waals surface area contributed by atoms with Crippen LogP contribution in [0.1, 0.15) is 40.9 Å². The summed E-state index contributed by atoms with van der Waals surface area (Å²) in [5.41, 5.74) is 5.38. The van der Waals surface area contributed by atoms with Gasteiger partial charge in [0.25, 0.3) is 0 Å². The van der Waals surface area contributed by atoms with E-state index in [9.17, 15) is 0 Å². The molecular weight excluding hydrogens is 439 g/mol. The van der Waals surface area contributed by atoms with E-state index in [1.165, 1.54) is 16.3 Å². The molecule has 0 radical (unpaired) electrons. The van der Waals surface area contributed by atoms with Gasteiger partial charge < -0.3 is 4.74 Å². The van der Waals surface area contributed by atoms with Crippen molar-refractivity contribution < 1.29 is 4.74 Å². The van der Waals surface area contributed by atoms with Crippen LogP contribution in [0.15, 0.2) is 84.0 Å². The lowest BCUT2D eigenvalue weighted by Crippen LogP contribution is -2.33. The van der Waals surface area contributed by atoms with Gasteiger partial charge >= 0.3 is 0 Å². The SMILES string of the molecule is Cc1ccc([C@H]2Oc3c(Cl)cc(Cl)cc3[C@@H]3CC(c4ccc5ccccc5c4)=NN23)cc1. The Morgan fingerprint density at radius 2 is 1.69 bits per heavy atom. The van der Waals surface area contributed by atoms with Crippen molar-refractivity contribution in [3.8, 4) is 5.75 Å². The van der Waals surface area contributed by atoms with E-state index in [1.54, 1.807) is 6.07 Å². The molecule has 158 valence electrons. The highest BCUT2D eigenvalue weighted by Gasteiger charge is 2.42. The smallest absolute Gasteiger partial charge is 0.213 e. The Balaban J connectivity index is 1.47. The van der Waals surface area contributed by atoms with Gasteiger partial charge in [-0.25, -0.2) is 5.01 Å². The molecule has 0 bridgehead atoms. The molecule has 2 aliphatic rings. The van der Waals surface area contributed by atoms with Crippen LogP contribution in [0.4, 0.5) is 0 Å². The summed E-state index contributed by atoms with van der Waals surface area (Å²) in [6.45, 7) is 2.08. The summed E-state index contributed by atoms with van der Waals surface area (Å²) in [7, 11) is 0. The number of nitrogens with zero attached hydrogens (tertiary/aromatic N) is 2. The summed E-state index contributed by atoms with van der Waals surface area (Å²) >= 11 is 12.9.